The van der Waals surface area contributed by atoms with Crippen molar-refractivity contribution in [2.45, 2.75) is 17.9 Å². The molecule has 0 bridgehead atoms. The highest BCUT2D eigenvalue weighted by Gasteiger charge is 2.21. The molecule has 0 amide bonds. The van der Waals surface area contributed by atoms with Crippen molar-refractivity contribution in [3.8, 4) is 17.2 Å². The minimum Gasteiger partial charge on any atom is -0.493 e. The molecule has 1 atom stereocenters. The number of benzene rings is 2. The average Bonchev–Trinajstić information content (AvgIpc) is 3.27. The van der Waals surface area contributed by atoms with Gasteiger partial charge in [0, 0.05) is 57.9 Å². The van der Waals surface area contributed by atoms with Gasteiger partial charge in [-0.3, -0.25) is 9.80 Å². The molecule has 1 aliphatic heterocycles. The number of aliphatic hydroxyl groups excluding tert-OH is 1. The number of sulfonamides is 1. The molecule has 1 aliphatic rings. The van der Waals surface area contributed by atoms with Gasteiger partial charge in [-0.15, -0.1) is 11.3 Å². The Labute approximate surface area is 221 Å². The van der Waals surface area contributed by atoms with Gasteiger partial charge < -0.3 is 19.3 Å². The highest BCUT2D eigenvalue weighted by molar-refractivity contribution is 7.89. The molecule has 1 saturated heterocycles. The van der Waals surface area contributed by atoms with Gasteiger partial charge in [0.1, 0.15) is 18.5 Å². The van der Waals surface area contributed by atoms with Crippen molar-refractivity contribution >= 4 is 31.6 Å². The molecule has 2 heterocycles. The lowest BCUT2D eigenvalue weighted by atomic mass is 10.2. The van der Waals surface area contributed by atoms with Gasteiger partial charge in [0.25, 0.3) is 0 Å². The molecule has 1 aromatic heterocycles. The fourth-order valence-electron chi connectivity index (χ4n) is 4.26. The number of hydrogen-bond donors (Lipinski definition) is 2. The molecular weight excluding hydrogens is 516 g/mol. The van der Waals surface area contributed by atoms with Crippen LogP contribution < -0.4 is 18.9 Å². The molecule has 0 unspecified atom stereocenters. The first-order chi connectivity index (χ1) is 17.8. The van der Waals surface area contributed by atoms with Crippen LogP contribution in [0.1, 0.15) is 5.01 Å². The molecule has 0 aliphatic carbocycles. The smallest absolute Gasteiger partial charge is 0.240 e. The number of piperazine rings is 1. The van der Waals surface area contributed by atoms with Crippen LogP contribution in [-0.2, 0) is 10.0 Å². The van der Waals surface area contributed by atoms with Crippen molar-refractivity contribution in [2.24, 2.45) is 0 Å². The van der Waals surface area contributed by atoms with E-state index < -0.39 is 16.1 Å². The molecular formula is C25H34N4O6S2. The third-order valence-corrected chi connectivity index (χ3v) is 8.64. The Morgan fingerprint density at radius 1 is 1.05 bits per heavy atom. The standard InChI is InChI=1S/C25H34N4O6S2/c1-18-27-22-14-20(4-7-25(22)36-18)35-17-19(30)16-29-12-10-28(11-13-29)9-8-26-37(31,32)21-5-6-23(33-2)24(15-21)34-3/h4-7,14-15,19,26,30H,8-13,16-17H2,1-3H3/t19-/m1/s1. The molecule has 202 valence electrons. The highest BCUT2D eigenvalue weighted by atomic mass is 32.2. The van der Waals surface area contributed by atoms with Crippen molar-refractivity contribution in [2.75, 3.05) is 66.6 Å². The fourth-order valence-corrected chi connectivity index (χ4v) is 6.10. The summed E-state index contributed by atoms with van der Waals surface area (Å²) >= 11 is 1.65. The van der Waals surface area contributed by atoms with Gasteiger partial charge in [0.15, 0.2) is 11.5 Å². The minimum absolute atomic E-state index is 0.132. The molecule has 4 rings (SSSR count). The second kappa shape index (κ2) is 12.4. The lowest BCUT2D eigenvalue weighted by Crippen LogP contribution is -2.50. The summed E-state index contributed by atoms with van der Waals surface area (Å²) in [6.07, 6.45) is -0.604. The van der Waals surface area contributed by atoms with Gasteiger partial charge in [-0.2, -0.15) is 0 Å². The number of aromatic nitrogens is 1. The number of methoxy groups -OCH3 is 2. The van der Waals surface area contributed by atoms with Crippen LogP contribution in [0, 0.1) is 6.92 Å². The van der Waals surface area contributed by atoms with Gasteiger partial charge in [-0.25, -0.2) is 18.1 Å². The second-order valence-corrected chi connectivity index (χ2v) is 11.9. The number of aliphatic hydroxyl groups is 1. The van der Waals surface area contributed by atoms with E-state index in [1.807, 2.05) is 25.1 Å². The molecule has 1 fully saturated rings. The Hall–Kier alpha value is -2.48. The van der Waals surface area contributed by atoms with E-state index in [0.717, 1.165) is 41.4 Å². The molecule has 37 heavy (non-hydrogen) atoms. The summed E-state index contributed by atoms with van der Waals surface area (Å²) < 4.78 is 45.3. The predicted octanol–water partition coefficient (Wildman–Crippen LogP) is 1.96. The normalized spacial score (nSPS) is 16.1. The molecule has 0 radical (unpaired) electrons. The number of nitrogens with zero attached hydrogens (tertiary/aromatic N) is 3. The van der Waals surface area contributed by atoms with E-state index in [1.54, 1.807) is 17.4 Å². The largest absolute Gasteiger partial charge is 0.493 e. The van der Waals surface area contributed by atoms with Gasteiger partial charge >= 0.3 is 0 Å². The second-order valence-electron chi connectivity index (χ2n) is 8.88. The Bertz CT molecular complexity index is 1290. The molecule has 2 aromatic carbocycles. The zero-order valence-electron chi connectivity index (χ0n) is 21.3. The van der Waals surface area contributed by atoms with Crippen LogP contribution in [0.5, 0.6) is 17.2 Å². The van der Waals surface area contributed by atoms with Crippen LogP contribution in [0.25, 0.3) is 10.2 Å². The van der Waals surface area contributed by atoms with E-state index in [1.165, 1.54) is 26.4 Å². The molecule has 2 N–H and O–H groups in total. The minimum atomic E-state index is -3.66. The van der Waals surface area contributed by atoms with E-state index in [9.17, 15) is 13.5 Å². The van der Waals surface area contributed by atoms with Gasteiger partial charge in [0.2, 0.25) is 10.0 Å². The average molecular weight is 551 g/mol. The predicted molar refractivity (Wildman–Crippen MR) is 143 cm³/mol. The van der Waals surface area contributed by atoms with Gasteiger partial charge in [-0.1, -0.05) is 0 Å². The number of thiazole rings is 1. The number of ether oxygens (including phenoxy) is 3. The molecule has 12 heteroatoms. The van der Waals surface area contributed by atoms with Gasteiger partial charge in [0.05, 0.1) is 34.3 Å². The zero-order chi connectivity index (χ0) is 26.4. The van der Waals surface area contributed by atoms with Crippen LogP contribution in [0.2, 0.25) is 0 Å². The van der Waals surface area contributed by atoms with Crippen molar-refractivity contribution in [3.63, 3.8) is 0 Å². The van der Waals surface area contributed by atoms with E-state index in [0.29, 0.717) is 36.9 Å². The third kappa shape index (κ3) is 7.30. The summed E-state index contributed by atoms with van der Waals surface area (Å²) in [5, 5.41) is 11.5. The Kier molecular flexibility index (Phi) is 9.22. The van der Waals surface area contributed by atoms with Crippen LogP contribution in [0.3, 0.4) is 0 Å². The molecule has 10 nitrogen and oxygen atoms in total. The van der Waals surface area contributed by atoms with Crippen molar-refractivity contribution < 1.29 is 27.7 Å². The maximum atomic E-state index is 12.7. The third-order valence-electron chi connectivity index (χ3n) is 6.23. The number of β-amino-alcohol motifs (C(OH)–C–C–N with tert-alkyl or cyclic N) is 1. The van der Waals surface area contributed by atoms with Crippen molar-refractivity contribution in [1.29, 1.82) is 0 Å². The number of hydrogen-bond acceptors (Lipinski definition) is 10. The summed E-state index contributed by atoms with van der Waals surface area (Å²) in [4.78, 5) is 9.02. The Morgan fingerprint density at radius 2 is 1.78 bits per heavy atom. The molecule has 3 aromatic rings. The first kappa shape index (κ1) is 27.6. The number of fused-ring (bicyclic) bond motifs is 1. The summed E-state index contributed by atoms with van der Waals surface area (Å²) in [5.41, 5.74) is 0.914. The lowest BCUT2D eigenvalue weighted by molar-refractivity contribution is 0.0465. The Balaban J connectivity index is 1.16. The van der Waals surface area contributed by atoms with E-state index in [2.05, 4.69) is 19.5 Å². The summed E-state index contributed by atoms with van der Waals surface area (Å²) in [5.74, 6) is 1.55. The lowest BCUT2D eigenvalue weighted by Gasteiger charge is -2.35. The van der Waals surface area contributed by atoms with E-state index >= 15 is 0 Å². The monoisotopic (exact) mass is 550 g/mol. The maximum Gasteiger partial charge on any atom is 0.240 e. The topological polar surface area (TPSA) is 113 Å². The summed E-state index contributed by atoms with van der Waals surface area (Å²) in [7, 11) is -0.686. The maximum absolute atomic E-state index is 12.7. The van der Waals surface area contributed by atoms with Crippen LogP contribution in [0.15, 0.2) is 41.3 Å². The SMILES string of the molecule is COc1ccc(S(=O)(=O)NCCN2CCN(C[C@@H](O)COc3ccc4sc(C)nc4c3)CC2)cc1OC. The van der Waals surface area contributed by atoms with Crippen LogP contribution >= 0.6 is 11.3 Å². The quantitative estimate of drug-likeness (QED) is 0.349. The number of nitrogens with one attached hydrogen (secondary N) is 1. The number of aryl methyl sites for hydroxylation is 1. The summed E-state index contributed by atoms with van der Waals surface area (Å²) in [6, 6.07) is 10.3. The first-order valence-corrected chi connectivity index (χ1v) is 14.4. The number of rotatable bonds is 12. The first-order valence-electron chi connectivity index (χ1n) is 12.1. The van der Waals surface area contributed by atoms with Crippen LogP contribution in [0.4, 0.5) is 0 Å². The van der Waals surface area contributed by atoms with Gasteiger partial charge in [-0.05, 0) is 31.2 Å². The van der Waals surface area contributed by atoms with Crippen molar-refractivity contribution in [3.05, 3.63) is 41.4 Å². The molecule has 0 spiro atoms. The van der Waals surface area contributed by atoms with E-state index in [-0.39, 0.29) is 11.5 Å². The van der Waals surface area contributed by atoms with E-state index in [4.69, 9.17) is 14.2 Å². The van der Waals surface area contributed by atoms with Crippen molar-refractivity contribution in [1.82, 2.24) is 19.5 Å². The van der Waals surface area contributed by atoms with Crippen LogP contribution in [-0.4, -0.2) is 101 Å². The fraction of sp³-hybridized carbons (Fsp3) is 0.480. The Morgan fingerprint density at radius 3 is 2.51 bits per heavy atom. The highest BCUT2D eigenvalue weighted by Crippen LogP contribution is 2.29. The zero-order valence-corrected chi connectivity index (χ0v) is 23.0. The molecule has 0 saturated carbocycles. The summed E-state index contributed by atoms with van der Waals surface area (Å²) in [6.45, 7) is 6.81.